The van der Waals surface area contributed by atoms with Gasteiger partial charge in [0.25, 0.3) is 0 Å². The molecule has 1 aromatic heterocycles. The number of ether oxygens (including phenoxy) is 1. The molecule has 0 amide bonds. The number of aliphatic hydroxyl groups excluding tert-OH is 1. The average Bonchev–Trinajstić information content (AvgIpc) is 2.53. The van der Waals surface area contributed by atoms with Gasteiger partial charge in [-0.2, -0.15) is 10.2 Å². The number of nitrogens with two attached hydrogens (primary N) is 1. The molecule has 2 saturated heterocycles. The Kier molecular flexibility index (Phi) is 3.88. The van der Waals surface area contributed by atoms with Crippen molar-refractivity contribution < 1.29 is 14.9 Å². The SMILES string of the molecule is C[C@@]1(O)CCOC2(CCN(c3ncc(C#N)c(N)n3)CC2)[C@H]1O. The molecule has 0 aromatic carbocycles. The van der Waals surface area contributed by atoms with Crippen molar-refractivity contribution in [3.63, 3.8) is 0 Å². The minimum Gasteiger partial charge on any atom is -0.387 e. The summed E-state index contributed by atoms with van der Waals surface area (Å²) in [6.07, 6.45) is 2.05. The van der Waals surface area contributed by atoms with Crippen molar-refractivity contribution in [2.45, 2.75) is 43.5 Å². The summed E-state index contributed by atoms with van der Waals surface area (Å²) < 4.78 is 5.85. The van der Waals surface area contributed by atoms with Crippen molar-refractivity contribution in [3.8, 4) is 6.07 Å². The quantitative estimate of drug-likeness (QED) is 0.649. The van der Waals surface area contributed by atoms with Gasteiger partial charge in [0.2, 0.25) is 5.95 Å². The van der Waals surface area contributed by atoms with E-state index in [1.54, 1.807) is 6.92 Å². The van der Waals surface area contributed by atoms with Crippen LogP contribution in [-0.2, 0) is 4.74 Å². The molecule has 1 aromatic rings. The van der Waals surface area contributed by atoms with E-state index in [0.29, 0.717) is 44.9 Å². The zero-order chi connectivity index (χ0) is 16.7. The number of nitriles is 1. The first-order valence-electron chi connectivity index (χ1n) is 7.70. The molecule has 0 unspecified atom stereocenters. The van der Waals surface area contributed by atoms with Crippen LogP contribution in [0.25, 0.3) is 0 Å². The molecular formula is C15H21N5O3. The zero-order valence-corrected chi connectivity index (χ0v) is 13.1. The lowest BCUT2D eigenvalue weighted by atomic mass is 9.75. The van der Waals surface area contributed by atoms with E-state index >= 15 is 0 Å². The van der Waals surface area contributed by atoms with Crippen LogP contribution >= 0.6 is 0 Å². The van der Waals surface area contributed by atoms with Gasteiger partial charge in [-0.25, -0.2) is 4.98 Å². The highest BCUT2D eigenvalue weighted by Gasteiger charge is 2.52. The third kappa shape index (κ3) is 2.72. The molecule has 8 nitrogen and oxygen atoms in total. The van der Waals surface area contributed by atoms with Crippen molar-refractivity contribution in [2.24, 2.45) is 0 Å². The van der Waals surface area contributed by atoms with E-state index < -0.39 is 17.3 Å². The normalized spacial score (nSPS) is 30.2. The van der Waals surface area contributed by atoms with E-state index in [0.717, 1.165) is 0 Å². The van der Waals surface area contributed by atoms with Gasteiger partial charge in [0, 0.05) is 19.5 Å². The predicted molar refractivity (Wildman–Crippen MR) is 82.5 cm³/mol. The molecule has 8 heteroatoms. The summed E-state index contributed by atoms with van der Waals surface area (Å²) >= 11 is 0. The maximum Gasteiger partial charge on any atom is 0.227 e. The molecule has 0 saturated carbocycles. The van der Waals surface area contributed by atoms with Crippen molar-refractivity contribution in [1.29, 1.82) is 5.26 Å². The fourth-order valence-electron chi connectivity index (χ4n) is 3.37. The molecule has 124 valence electrons. The molecule has 3 heterocycles. The fraction of sp³-hybridized carbons (Fsp3) is 0.667. The highest BCUT2D eigenvalue weighted by Crippen LogP contribution is 2.40. The minimum absolute atomic E-state index is 0.162. The number of piperidine rings is 1. The highest BCUT2D eigenvalue weighted by atomic mass is 16.5. The number of aliphatic hydroxyl groups is 2. The van der Waals surface area contributed by atoms with Gasteiger partial charge < -0.3 is 25.6 Å². The molecule has 2 aliphatic heterocycles. The molecular weight excluding hydrogens is 298 g/mol. The first-order chi connectivity index (χ1) is 10.9. The Morgan fingerprint density at radius 1 is 1.43 bits per heavy atom. The third-order valence-electron chi connectivity index (χ3n) is 4.90. The van der Waals surface area contributed by atoms with Crippen molar-refractivity contribution in [1.82, 2.24) is 9.97 Å². The number of rotatable bonds is 1. The minimum atomic E-state index is -1.13. The van der Waals surface area contributed by atoms with Crippen LogP contribution in [0.5, 0.6) is 0 Å². The lowest BCUT2D eigenvalue weighted by Crippen LogP contribution is -2.64. The van der Waals surface area contributed by atoms with Crippen LogP contribution in [0.4, 0.5) is 11.8 Å². The number of nitrogen functional groups attached to an aromatic ring is 1. The fourth-order valence-corrected chi connectivity index (χ4v) is 3.37. The van der Waals surface area contributed by atoms with Crippen molar-refractivity contribution in [3.05, 3.63) is 11.8 Å². The summed E-state index contributed by atoms with van der Waals surface area (Å²) in [7, 11) is 0. The first-order valence-corrected chi connectivity index (χ1v) is 7.70. The highest BCUT2D eigenvalue weighted by molar-refractivity contribution is 5.50. The molecule has 2 atom stereocenters. The van der Waals surface area contributed by atoms with Crippen molar-refractivity contribution >= 4 is 11.8 Å². The van der Waals surface area contributed by atoms with E-state index in [1.807, 2.05) is 11.0 Å². The Bertz CT molecular complexity index is 634. The molecule has 1 spiro atoms. The van der Waals surface area contributed by atoms with Gasteiger partial charge in [0.05, 0.1) is 18.4 Å². The summed E-state index contributed by atoms with van der Waals surface area (Å²) in [5, 5.41) is 29.7. The first kappa shape index (κ1) is 15.9. The zero-order valence-electron chi connectivity index (χ0n) is 13.1. The van der Waals surface area contributed by atoms with Crippen LogP contribution in [0, 0.1) is 11.3 Å². The van der Waals surface area contributed by atoms with E-state index in [9.17, 15) is 10.2 Å². The summed E-state index contributed by atoms with van der Waals surface area (Å²) in [5.74, 6) is 0.628. The number of nitrogens with zero attached hydrogens (tertiary/aromatic N) is 4. The summed E-state index contributed by atoms with van der Waals surface area (Å²) in [6, 6.07) is 1.94. The predicted octanol–water partition coefficient (Wildman–Crippen LogP) is -0.198. The molecule has 2 fully saturated rings. The largest absolute Gasteiger partial charge is 0.387 e. The monoisotopic (exact) mass is 319 g/mol. The lowest BCUT2D eigenvalue weighted by molar-refractivity contribution is -0.239. The topological polar surface area (TPSA) is 129 Å². The van der Waals surface area contributed by atoms with Crippen LogP contribution in [0.3, 0.4) is 0 Å². The lowest BCUT2D eigenvalue weighted by Gasteiger charge is -2.51. The third-order valence-corrected chi connectivity index (χ3v) is 4.90. The van der Waals surface area contributed by atoms with Gasteiger partial charge >= 0.3 is 0 Å². The Hall–Kier alpha value is -1.95. The molecule has 0 radical (unpaired) electrons. The van der Waals surface area contributed by atoms with Crippen LogP contribution in [0.15, 0.2) is 6.20 Å². The number of hydrogen-bond acceptors (Lipinski definition) is 8. The number of hydrogen-bond donors (Lipinski definition) is 3. The van der Waals surface area contributed by atoms with Gasteiger partial charge in [0.1, 0.15) is 29.2 Å². The van der Waals surface area contributed by atoms with E-state index in [4.69, 9.17) is 15.7 Å². The smallest absolute Gasteiger partial charge is 0.227 e. The van der Waals surface area contributed by atoms with Gasteiger partial charge in [-0.15, -0.1) is 0 Å². The molecule has 4 N–H and O–H groups in total. The molecule has 2 aliphatic rings. The second kappa shape index (κ2) is 5.60. The Balaban J connectivity index is 1.73. The summed E-state index contributed by atoms with van der Waals surface area (Å²) in [4.78, 5) is 10.3. The van der Waals surface area contributed by atoms with Crippen LogP contribution in [-0.4, -0.2) is 57.2 Å². The van der Waals surface area contributed by atoms with Gasteiger partial charge in [0.15, 0.2) is 0 Å². The van der Waals surface area contributed by atoms with Gasteiger partial charge in [-0.3, -0.25) is 0 Å². The standard InChI is InChI=1S/C15H21N5O3/c1-14(22)4-7-23-15(12(14)21)2-5-20(6-3-15)13-18-9-10(8-16)11(17)19-13/h9,12,21-22H,2-7H2,1H3,(H2,17,18,19)/t12-,14+/m0/s1. The van der Waals surface area contributed by atoms with E-state index in [2.05, 4.69) is 9.97 Å². The average molecular weight is 319 g/mol. The molecule has 0 aliphatic carbocycles. The maximum absolute atomic E-state index is 10.5. The second-order valence-corrected chi connectivity index (χ2v) is 6.49. The van der Waals surface area contributed by atoms with Gasteiger partial charge in [-0.05, 0) is 19.8 Å². The van der Waals surface area contributed by atoms with Gasteiger partial charge in [-0.1, -0.05) is 0 Å². The van der Waals surface area contributed by atoms with E-state index in [1.165, 1.54) is 6.20 Å². The summed E-state index contributed by atoms with van der Waals surface area (Å²) in [5.41, 5.74) is 4.13. The molecule has 23 heavy (non-hydrogen) atoms. The Labute approximate surface area is 134 Å². The second-order valence-electron chi connectivity index (χ2n) is 6.49. The Morgan fingerprint density at radius 2 is 2.13 bits per heavy atom. The molecule has 3 rings (SSSR count). The molecule has 0 bridgehead atoms. The van der Waals surface area contributed by atoms with Crippen LogP contribution in [0.1, 0.15) is 31.7 Å². The van der Waals surface area contributed by atoms with Crippen LogP contribution < -0.4 is 10.6 Å². The van der Waals surface area contributed by atoms with E-state index in [-0.39, 0.29) is 11.4 Å². The van der Waals surface area contributed by atoms with Crippen molar-refractivity contribution in [2.75, 3.05) is 30.3 Å². The Morgan fingerprint density at radius 3 is 2.74 bits per heavy atom. The number of anilines is 2. The maximum atomic E-state index is 10.5. The number of aromatic nitrogens is 2. The van der Waals surface area contributed by atoms with Crippen LogP contribution in [0.2, 0.25) is 0 Å². The summed E-state index contributed by atoms with van der Waals surface area (Å²) in [6.45, 7) is 3.25.